The predicted octanol–water partition coefficient (Wildman–Crippen LogP) is 8.10. The zero-order chi connectivity index (χ0) is 46.4. The fraction of sp³-hybridized carbons (Fsp3) is 0.625. The van der Waals surface area contributed by atoms with Crippen LogP contribution in [0.4, 0.5) is 0 Å². The van der Waals surface area contributed by atoms with Crippen molar-refractivity contribution in [2.75, 3.05) is 26.4 Å². The summed E-state index contributed by atoms with van der Waals surface area (Å²) in [4.78, 5) is 35.2. The number of unbranched alkanes of at least 4 members (excludes halogenated alkanes) is 3. The topological polar surface area (TPSA) is 219 Å². The van der Waals surface area contributed by atoms with Crippen LogP contribution in [0.3, 0.4) is 0 Å². The van der Waals surface area contributed by atoms with Crippen LogP contribution in [0.25, 0.3) is 0 Å². The van der Waals surface area contributed by atoms with Crippen molar-refractivity contribution < 1.29 is 67.8 Å². The number of aliphatic hydroxyl groups is 5. The number of carbonyl (C=O) groups is 2. The molecule has 0 aromatic carbocycles. The molecule has 6 N–H and O–H groups in total. The molecule has 0 aliphatic carbocycles. The third-order valence-electron chi connectivity index (χ3n) is 9.53. The van der Waals surface area contributed by atoms with Crippen LogP contribution in [0, 0.1) is 5.92 Å². The van der Waals surface area contributed by atoms with Gasteiger partial charge in [-0.3, -0.25) is 18.6 Å². The number of aliphatic hydroxyl groups excluding tert-OH is 5. The normalized spacial score (nSPS) is 21.3. The lowest BCUT2D eigenvalue weighted by molar-refractivity contribution is -0.199. The van der Waals surface area contributed by atoms with Gasteiger partial charge in [0.1, 0.15) is 12.7 Å². The Balaban J connectivity index is 2.54. The minimum absolute atomic E-state index is 0.00243. The van der Waals surface area contributed by atoms with Crippen molar-refractivity contribution in [3.05, 3.63) is 97.2 Å². The maximum atomic E-state index is 12.7. The molecule has 0 aromatic rings. The van der Waals surface area contributed by atoms with E-state index >= 15 is 0 Å². The molecule has 0 amide bonds. The van der Waals surface area contributed by atoms with Gasteiger partial charge < -0.3 is 44.6 Å². The Hall–Kier alpha value is -3.27. The lowest BCUT2D eigenvalue weighted by atomic mass is 9.87. The third-order valence-corrected chi connectivity index (χ3v) is 10.5. The van der Waals surface area contributed by atoms with Crippen LogP contribution in [0.1, 0.15) is 123 Å². The zero-order valence-corrected chi connectivity index (χ0v) is 38.4. The first-order valence-electron chi connectivity index (χ1n) is 22.6. The van der Waals surface area contributed by atoms with Crippen LogP contribution >= 0.6 is 7.82 Å². The van der Waals surface area contributed by atoms with Gasteiger partial charge in [-0.2, -0.15) is 0 Å². The quantitative estimate of drug-likeness (QED) is 0.0152. The average molecular weight is 909 g/mol. The van der Waals surface area contributed by atoms with Crippen molar-refractivity contribution in [1.29, 1.82) is 0 Å². The van der Waals surface area contributed by atoms with Crippen molar-refractivity contribution in [1.82, 2.24) is 0 Å². The van der Waals surface area contributed by atoms with Gasteiger partial charge >= 0.3 is 19.8 Å². The van der Waals surface area contributed by atoms with E-state index in [2.05, 4.69) is 73.1 Å². The van der Waals surface area contributed by atoms with Crippen molar-refractivity contribution in [2.45, 2.75) is 160 Å². The van der Waals surface area contributed by atoms with Gasteiger partial charge in [-0.05, 0) is 70.6 Å². The number of hydrogen-bond acceptors (Lipinski definition) is 13. The van der Waals surface area contributed by atoms with E-state index in [9.17, 15) is 39.5 Å². The van der Waals surface area contributed by atoms with E-state index in [0.29, 0.717) is 38.5 Å². The Morgan fingerprint density at radius 3 is 1.92 bits per heavy atom. The fourth-order valence-corrected chi connectivity index (χ4v) is 6.79. The van der Waals surface area contributed by atoms with E-state index in [4.69, 9.17) is 23.8 Å². The van der Waals surface area contributed by atoms with Gasteiger partial charge in [-0.1, -0.05) is 130 Å². The maximum Gasteiger partial charge on any atom is 0.472 e. The molecule has 0 radical (unpaired) electrons. The molecular weight excluding hydrogens is 831 g/mol. The zero-order valence-electron chi connectivity index (χ0n) is 37.5. The first-order chi connectivity index (χ1) is 30.4. The van der Waals surface area contributed by atoms with Gasteiger partial charge in [0.15, 0.2) is 12.4 Å². The Bertz CT molecular complexity index is 1480. The molecule has 2 unspecified atom stereocenters. The highest BCUT2D eigenvalue weighted by molar-refractivity contribution is 7.47. The van der Waals surface area contributed by atoms with Crippen molar-refractivity contribution in [3.8, 4) is 0 Å². The second kappa shape index (κ2) is 38.0. The van der Waals surface area contributed by atoms with Crippen LogP contribution < -0.4 is 0 Å². The predicted molar refractivity (Wildman–Crippen MR) is 245 cm³/mol. The highest BCUT2D eigenvalue weighted by atomic mass is 31.2. The Kier molecular flexibility index (Phi) is 34.9. The monoisotopic (exact) mass is 909 g/mol. The first kappa shape index (κ1) is 57.7. The molecule has 0 spiro atoms. The molecule has 358 valence electrons. The second-order valence-corrected chi connectivity index (χ2v) is 16.7. The second-order valence-electron chi connectivity index (χ2n) is 15.2. The Morgan fingerprint density at radius 1 is 0.730 bits per heavy atom. The molecule has 8 atom stereocenters. The SMILES string of the molecule is CC/C=C\C/C=C\C/C=C\C/C=C\C/C=C\C/C=C\CCC(=O)O[C@H](COC(=O)CCC/C=C\C[C@H]1[C@@H](O)CC(O)O[C@@H]1/C=C/[C@@H](O)CCCCC)COP(=O)(O)OC[C@@H](O)CO. The van der Waals surface area contributed by atoms with E-state index < -0.39 is 83.0 Å². The van der Waals surface area contributed by atoms with Crippen molar-refractivity contribution in [2.24, 2.45) is 5.92 Å². The minimum Gasteiger partial charge on any atom is -0.462 e. The van der Waals surface area contributed by atoms with E-state index in [1.54, 1.807) is 12.2 Å². The molecule has 0 saturated carbocycles. The highest BCUT2D eigenvalue weighted by Crippen LogP contribution is 2.43. The Labute approximate surface area is 376 Å². The van der Waals surface area contributed by atoms with Crippen LogP contribution in [0.15, 0.2) is 97.2 Å². The van der Waals surface area contributed by atoms with E-state index in [1.807, 2.05) is 30.4 Å². The molecule has 0 aromatic heterocycles. The van der Waals surface area contributed by atoms with Gasteiger partial charge in [0, 0.05) is 25.2 Å². The molecule has 1 rings (SSSR count). The summed E-state index contributed by atoms with van der Waals surface area (Å²) in [6, 6.07) is 0. The van der Waals surface area contributed by atoms with Gasteiger partial charge in [0.05, 0.1) is 38.1 Å². The number of rotatable bonds is 36. The van der Waals surface area contributed by atoms with Gasteiger partial charge in [-0.25, -0.2) is 4.57 Å². The highest BCUT2D eigenvalue weighted by Gasteiger charge is 2.35. The first-order valence-corrected chi connectivity index (χ1v) is 24.1. The summed E-state index contributed by atoms with van der Waals surface area (Å²) in [5.41, 5.74) is 0. The molecule has 63 heavy (non-hydrogen) atoms. The number of allylic oxidation sites excluding steroid dienone is 14. The standard InChI is InChI=1S/C48H77O14P/c1-3-5-7-8-9-10-11-12-13-14-15-16-17-18-19-20-21-22-28-32-47(54)61-42(39-60-63(56,57)59-37-41(51)36-49)38-58-46(53)31-27-24-23-26-30-43-44(52)35-48(55)62-45(43)34-33-40(50)29-25-6-4-2/h5,7,9-10,12-13,15-16,18-19,21-23,26,33-34,40-45,48-52,55H,3-4,6,8,11,14,17,20,24-25,27-32,35-39H2,1-2H3,(H,56,57)/b7-5-,10-9-,13-12-,16-15-,19-18-,22-21-,26-23-,34-33+/t40-,41-,42+,43-,44-,45+,48?/m0/s1. The minimum atomic E-state index is -4.72. The van der Waals surface area contributed by atoms with Crippen LogP contribution in [0.2, 0.25) is 0 Å². The number of phosphoric acid groups is 1. The van der Waals surface area contributed by atoms with Gasteiger partial charge in [0.25, 0.3) is 0 Å². The summed E-state index contributed by atoms with van der Waals surface area (Å²) >= 11 is 0. The van der Waals surface area contributed by atoms with Crippen molar-refractivity contribution in [3.63, 3.8) is 0 Å². The van der Waals surface area contributed by atoms with Crippen LogP contribution in [-0.4, -0.2) is 106 Å². The third kappa shape index (κ3) is 33.0. The molecular formula is C48H77O14P. The molecule has 15 heteroatoms. The summed E-state index contributed by atoms with van der Waals surface area (Å²) < 4.78 is 38.3. The lowest BCUT2D eigenvalue weighted by Gasteiger charge is -2.36. The van der Waals surface area contributed by atoms with E-state index in [1.165, 1.54) is 0 Å². The Morgan fingerprint density at radius 2 is 1.32 bits per heavy atom. The van der Waals surface area contributed by atoms with Crippen LogP contribution in [0.5, 0.6) is 0 Å². The van der Waals surface area contributed by atoms with Gasteiger partial charge in [0.2, 0.25) is 0 Å². The molecule has 0 bridgehead atoms. The van der Waals surface area contributed by atoms with E-state index in [0.717, 1.165) is 51.4 Å². The summed E-state index contributed by atoms with van der Waals surface area (Å²) in [6.07, 6.45) is 37.2. The number of hydrogen-bond donors (Lipinski definition) is 6. The number of ether oxygens (including phenoxy) is 3. The summed E-state index contributed by atoms with van der Waals surface area (Å²) in [7, 11) is -4.72. The van der Waals surface area contributed by atoms with Crippen molar-refractivity contribution >= 4 is 19.8 Å². The molecule has 14 nitrogen and oxygen atoms in total. The molecule has 1 saturated heterocycles. The largest absolute Gasteiger partial charge is 0.472 e. The molecule has 1 heterocycles. The summed E-state index contributed by atoms with van der Waals surface area (Å²) in [6.45, 7) is 1.74. The number of esters is 2. The number of carbonyl (C=O) groups excluding carboxylic acids is 2. The van der Waals surface area contributed by atoms with Gasteiger partial charge in [-0.15, -0.1) is 0 Å². The summed E-state index contributed by atoms with van der Waals surface area (Å²) in [5.74, 6) is -1.57. The average Bonchev–Trinajstić information content (AvgIpc) is 3.25. The lowest BCUT2D eigenvalue weighted by Crippen LogP contribution is -2.43. The smallest absolute Gasteiger partial charge is 0.462 e. The molecule has 1 aliphatic rings. The summed E-state index contributed by atoms with van der Waals surface area (Å²) in [5, 5.41) is 49.3. The van der Waals surface area contributed by atoms with E-state index in [-0.39, 0.29) is 25.2 Å². The molecule has 1 fully saturated rings. The van der Waals surface area contributed by atoms with Crippen LogP contribution in [-0.2, 0) is 37.4 Å². The fourth-order valence-electron chi connectivity index (χ4n) is 6.00. The maximum absolute atomic E-state index is 12.7. The molecule has 1 aliphatic heterocycles. The number of phosphoric ester groups is 1.